The molecular weight excluding hydrogens is 306 g/mol. The van der Waals surface area contributed by atoms with Crippen LogP contribution in [0.1, 0.15) is 11.1 Å². The Labute approximate surface area is 121 Å². The molecule has 0 aliphatic rings. The molecule has 0 atom stereocenters. The normalized spacial score (nSPS) is 10.4. The van der Waals surface area contributed by atoms with E-state index in [1.54, 1.807) is 13.2 Å². The third kappa shape index (κ3) is 3.72. The predicted molar refractivity (Wildman–Crippen MR) is 79.3 cm³/mol. The molecule has 2 aromatic carbocycles. The Morgan fingerprint density at radius 2 is 1.95 bits per heavy atom. The molecule has 19 heavy (non-hydrogen) atoms. The van der Waals surface area contributed by atoms with Crippen molar-refractivity contribution in [2.45, 2.75) is 13.1 Å². The first kappa shape index (κ1) is 13.9. The fourth-order valence-electron chi connectivity index (χ4n) is 1.86. The first-order valence-corrected chi connectivity index (χ1v) is 6.80. The maximum Gasteiger partial charge on any atom is 0.162 e. The maximum atomic E-state index is 9.96. The number of hydrogen-bond donors (Lipinski definition) is 2. The van der Waals surface area contributed by atoms with Crippen LogP contribution < -0.4 is 10.1 Å². The van der Waals surface area contributed by atoms with Gasteiger partial charge in [0, 0.05) is 23.1 Å². The van der Waals surface area contributed by atoms with Crippen LogP contribution in [-0.4, -0.2) is 12.2 Å². The first-order chi connectivity index (χ1) is 9.20. The Balaban J connectivity index is 1.96. The summed E-state index contributed by atoms with van der Waals surface area (Å²) in [6, 6.07) is 13.6. The van der Waals surface area contributed by atoms with Gasteiger partial charge in [-0.3, -0.25) is 0 Å². The molecule has 0 unspecified atom stereocenters. The summed E-state index contributed by atoms with van der Waals surface area (Å²) < 4.78 is 6.15. The Bertz CT molecular complexity index is 558. The van der Waals surface area contributed by atoms with E-state index in [0.717, 1.165) is 16.6 Å². The van der Waals surface area contributed by atoms with Crippen molar-refractivity contribution in [3.05, 3.63) is 58.1 Å². The van der Waals surface area contributed by atoms with Crippen molar-refractivity contribution >= 4 is 15.9 Å². The number of nitrogens with one attached hydrogen (secondary N) is 1. The molecule has 0 aliphatic heterocycles. The molecule has 0 aromatic heterocycles. The lowest BCUT2D eigenvalue weighted by atomic mass is 10.1. The summed E-state index contributed by atoms with van der Waals surface area (Å²) in [4.78, 5) is 0. The van der Waals surface area contributed by atoms with Gasteiger partial charge in [0.2, 0.25) is 0 Å². The second-order valence-corrected chi connectivity index (χ2v) is 5.12. The van der Waals surface area contributed by atoms with Crippen molar-refractivity contribution in [3.63, 3.8) is 0 Å². The minimum atomic E-state index is 0.201. The summed E-state index contributed by atoms with van der Waals surface area (Å²) in [6.07, 6.45) is 0. The summed E-state index contributed by atoms with van der Waals surface area (Å²) in [7, 11) is 1.55. The van der Waals surface area contributed by atoms with Crippen molar-refractivity contribution in [3.8, 4) is 11.5 Å². The SMILES string of the molecule is COc1cccc(CNCc2cccc(Br)c2)c1O. The Morgan fingerprint density at radius 1 is 1.16 bits per heavy atom. The number of rotatable bonds is 5. The molecule has 0 heterocycles. The quantitative estimate of drug-likeness (QED) is 0.886. The average molecular weight is 322 g/mol. The molecule has 0 fully saturated rings. The summed E-state index contributed by atoms with van der Waals surface area (Å²) >= 11 is 3.45. The van der Waals surface area contributed by atoms with E-state index in [1.807, 2.05) is 24.3 Å². The lowest BCUT2D eigenvalue weighted by molar-refractivity contribution is 0.369. The maximum absolute atomic E-state index is 9.96. The van der Waals surface area contributed by atoms with Crippen molar-refractivity contribution in [1.82, 2.24) is 5.32 Å². The molecule has 2 aromatic rings. The van der Waals surface area contributed by atoms with Gasteiger partial charge in [-0.2, -0.15) is 0 Å². The molecule has 4 heteroatoms. The highest BCUT2D eigenvalue weighted by Gasteiger charge is 2.06. The number of phenolic OH excluding ortho intramolecular Hbond substituents is 1. The van der Waals surface area contributed by atoms with Gasteiger partial charge in [0.25, 0.3) is 0 Å². The molecule has 0 bridgehead atoms. The molecule has 0 aliphatic carbocycles. The Kier molecular flexibility index (Phi) is 4.82. The topological polar surface area (TPSA) is 41.5 Å². The van der Waals surface area contributed by atoms with Crippen molar-refractivity contribution < 1.29 is 9.84 Å². The highest BCUT2D eigenvalue weighted by atomic mass is 79.9. The second-order valence-electron chi connectivity index (χ2n) is 4.20. The van der Waals surface area contributed by atoms with Gasteiger partial charge in [0.1, 0.15) is 0 Å². The van der Waals surface area contributed by atoms with E-state index in [9.17, 15) is 5.11 Å². The van der Waals surface area contributed by atoms with Crippen LogP contribution in [0.15, 0.2) is 46.9 Å². The summed E-state index contributed by atoms with van der Waals surface area (Å²) in [5.41, 5.74) is 2.02. The average Bonchev–Trinajstić information content (AvgIpc) is 2.41. The fraction of sp³-hybridized carbons (Fsp3) is 0.200. The molecule has 0 radical (unpaired) electrons. The zero-order chi connectivity index (χ0) is 13.7. The van der Waals surface area contributed by atoms with Crippen molar-refractivity contribution in [2.24, 2.45) is 0 Å². The molecule has 0 spiro atoms. The number of aromatic hydroxyl groups is 1. The third-order valence-electron chi connectivity index (χ3n) is 2.84. The van der Waals surface area contributed by atoms with Crippen LogP contribution in [0.5, 0.6) is 11.5 Å². The third-order valence-corrected chi connectivity index (χ3v) is 3.33. The van der Waals surface area contributed by atoms with Gasteiger partial charge in [-0.15, -0.1) is 0 Å². The van der Waals surface area contributed by atoms with Gasteiger partial charge >= 0.3 is 0 Å². The molecule has 3 nitrogen and oxygen atoms in total. The zero-order valence-corrected chi connectivity index (χ0v) is 12.3. The minimum Gasteiger partial charge on any atom is -0.504 e. The molecule has 2 rings (SSSR count). The smallest absolute Gasteiger partial charge is 0.162 e. The zero-order valence-electron chi connectivity index (χ0n) is 10.7. The first-order valence-electron chi connectivity index (χ1n) is 6.00. The second kappa shape index (κ2) is 6.59. The molecule has 100 valence electrons. The Morgan fingerprint density at radius 3 is 2.68 bits per heavy atom. The van der Waals surface area contributed by atoms with Crippen LogP contribution in [-0.2, 0) is 13.1 Å². The lowest BCUT2D eigenvalue weighted by Gasteiger charge is -2.10. The molecule has 0 amide bonds. The fourth-order valence-corrected chi connectivity index (χ4v) is 2.31. The summed E-state index contributed by atoms with van der Waals surface area (Å²) in [5.74, 6) is 0.702. The number of ether oxygens (including phenoxy) is 1. The van der Waals surface area contributed by atoms with Gasteiger partial charge in [0.15, 0.2) is 11.5 Å². The Hall–Kier alpha value is -1.52. The largest absolute Gasteiger partial charge is 0.504 e. The highest BCUT2D eigenvalue weighted by Crippen LogP contribution is 2.29. The molecule has 0 saturated heterocycles. The number of halogens is 1. The number of benzene rings is 2. The minimum absolute atomic E-state index is 0.201. The monoisotopic (exact) mass is 321 g/mol. The van der Waals surface area contributed by atoms with Crippen LogP contribution in [0.4, 0.5) is 0 Å². The summed E-state index contributed by atoms with van der Waals surface area (Å²) in [5, 5.41) is 13.3. The van der Waals surface area contributed by atoms with Crippen molar-refractivity contribution in [2.75, 3.05) is 7.11 Å². The molecule has 0 saturated carbocycles. The highest BCUT2D eigenvalue weighted by molar-refractivity contribution is 9.10. The van der Waals surface area contributed by atoms with Crippen molar-refractivity contribution in [1.29, 1.82) is 0 Å². The summed E-state index contributed by atoms with van der Waals surface area (Å²) in [6.45, 7) is 1.34. The number of para-hydroxylation sites is 1. The van der Waals surface area contributed by atoms with Crippen LogP contribution in [0, 0.1) is 0 Å². The van der Waals surface area contributed by atoms with Crippen LogP contribution in [0.2, 0.25) is 0 Å². The standard InChI is InChI=1S/C15H16BrNO2/c1-19-14-7-3-5-12(15(14)18)10-17-9-11-4-2-6-13(16)8-11/h2-8,17-18H,9-10H2,1H3. The van der Waals surface area contributed by atoms with Gasteiger partial charge in [0.05, 0.1) is 7.11 Å². The predicted octanol–water partition coefficient (Wildman–Crippen LogP) is 3.45. The van der Waals surface area contributed by atoms with E-state index in [0.29, 0.717) is 12.3 Å². The lowest BCUT2D eigenvalue weighted by Crippen LogP contribution is -2.12. The van der Waals surface area contributed by atoms with Crippen LogP contribution >= 0.6 is 15.9 Å². The number of methoxy groups -OCH3 is 1. The number of phenols is 1. The van der Waals surface area contributed by atoms with E-state index >= 15 is 0 Å². The van der Waals surface area contributed by atoms with Gasteiger partial charge in [-0.1, -0.05) is 40.2 Å². The van der Waals surface area contributed by atoms with E-state index in [4.69, 9.17) is 4.74 Å². The van der Waals surface area contributed by atoms with E-state index in [2.05, 4.69) is 33.4 Å². The van der Waals surface area contributed by atoms with Gasteiger partial charge in [-0.05, 0) is 23.8 Å². The van der Waals surface area contributed by atoms with Gasteiger partial charge in [-0.25, -0.2) is 0 Å². The molecule has 2 N–H and O–H groups in total. The van der Waals surface area contributed by atoms with E-state index in [-0.39, 0.29) is 5.75 Å². The van der Waals surface area contributed by atoms with E-state index in [1.165, 1.54) is 5.56 Å². The van der Waals surface area contributed by atoms with E-state index < -0.39 is 0 Å². The molecular formula is C15H16BrNO2. The van der Waals surface area contributed by atoms with Gasteiger partial charge < -0.3 is 15.2 Å². The number of hydrogen-bond acceptors (Lipinski definition) is 3. The van der Waals surface area contributed by atoms with Crippen LogP contribution in [0.25, 0.3) is 0 Å². The van der Waals surface area contributed by atoms with Crippen LogP contribution in [0.3, 0.4) is 0 Å².